The van der Waals surface area contributed by atoms with Crippen LogP contribution in [0.4, 0.5) is 0 Å². The molecule has 2 atom stereocenters. The zero-order valence-corrected chi connectivity index (χ0v) is 11.7. The van der Waals surface area contributed by atoms with Gasteiger partial charge in [0, 0.05) is 38.1 Å². The van der Waals surface area contributed by atoms with Crippen molar-refractivity contribution in [3.63, 3.8) is 0 Å². The van der Waals surface area contributed by atoms with Crippen LogP contribution in [0.15, 0.2) is 30.3 Å². The summed E-state index contributed by atoms with van der Waals surface area (Å²) in [6, 6.07) is 10.7. The molecule has 2 aliphatic heterocycles. The highest BCUT2D eigenvalue weighted by molar-refractivity contribution is 5.15. The smallest absolute Gasteiger partial charge is 0.0561 e. The number of nitrogens with zero attached hydrogens (tertiary/aromatic N) is 1. The van der Waals surface area contributed by atoms with E-state index in [1.54, 1.807) is 7.11 Å². The van der Waals surface area contributed by atoms with Crippen LogP contribution in [-0.4, -0.2) is 51.5 Å². The number of methoxy groups -OCH3 is 1. The maximum atomic E-state index is 5.67. The molecule has 2 aliphatic rings. The predicted molar refractivity (Wildman–Crippen MR) is 75.2 cm³/mol. The standard InChI is InChI=1S/C16H23NO2/c1-18-12-16-11-17(9-15(16)10-19-13-16)8-7-14-5-3-2-4-6-14/h2-6,15H,7-13H2,1H3/t15-,16-/m1/s1. The number of ether oxygens (including phenoxy) is 2. The quantitative estimate of drug-likeness (QED) is 0.807. The molecule has 3 heteroatoms. The topological polar surface area (TPSA) is 21.7 Å². The summed E-state index contributed by atoms with van der Waals surface area (Å²) in [5, 5.41) is 0. The fourth-order valence-corrected chi connectivity index (χ4v) is 3.54. The average Bonchev–Trinajstić information content (AvgIpc) is 2.94. The van der Waals surface area contributed by atoms with E-state index >= 15 is 0 Å². The van der Waals surface area contributed by atoms with Crippen molar-refractivity contribution >= 4 is 0 Å². The van der Waals surface area contributed by atoms with Gasteiger partial charge in [0.1, 0.15) is 0 Å². The molecular formula is C16H23NO2. The Morgan fingerprint density at radius 2 is 2.21 bits per heavy atom. The van der Waals surface area contributed by atoms with Crippen molar-refractivity contribution in [1.29, 1.82) is 0 Å². The van der Waals surface area contributed by atoms with Crippen LogP contribution in [0.3, 0.4) is 0 Å². The second-order valence-corrected chi connectivity index (χ2v) is 5.98. The normalized spacial score (nSPS) is 30.7. The van der Waals surface area contributed by atoms with E-state index in [0.29, 0.717) is 5.92 Å². The fraction of sp³-hybridized carbons (Fsp3) is 0.625. The molecular weight excluding hydrogens is 238 g/mol. The van der Waals surface area contributed by atoms with Crippen molar-refractivity contribution in [2.75, 3.05) is 46.6 Å². The van der Waals surface area contributed by atoms with E-state index in [4.69, 9.17) is 9.47 Å². The van der Waals surface area contributed by atoms with E-state index in [-0.39, 0.29) is 5.41 Å². The van der Waals surface area contributed by atoms with E-state index in [2.05, 4.69) is 35.2 Å². The molecule has 104 valence electrons. The number of hydrogen-bond donors (Lipinski definition) is 0. The summed E-state index contributed by atoms with van der Waals surface area (Å²) in [7, 11) is 1.80. The molecule has 3 rings (SSSR count). The molecule has 1 aromatic carbocycles. The highest BCUT2D eigenvalue weighted by Gasteiger charge is 2.50. The average molecular weight is 261 g/mol. The van der Waals surface area contributed by atoms with Gasteiger partial charge in [-0.1, -0.05) is 30.3 Å². The van der Waals surface area contributed by atoms with E-state index in [1.165, 1.54) is 5.56 Å². The van der Waals surface area contributed by atoms with E-state index in [0.717, 1.165) is 45.9 Å². The first kappa shape index (κ1) is 13.1. The molecule has 19 heavy (non-hydrogen) atoms. The summed E-state index contributed by atoms with van der Waals surface area (Å²) in [6.45, 7) is 6.04. The minimum atomic E-state index is 0.255. The lowest BCUT2D eigenvalue weighted by atomic mass is 9.82. The Hall–Kier alpha value is -0.900. The SMILES string of the molecule is COC[C@]12COC[C@H]1CN(CCc1ccccc1)C2. The van der Waals surface area contributed by atoms with Crippen molar-refractivity contribution in [1.82, 2.24) is 4.90 Å². The molecule has 0 saturated carbocycles. The van der Waals surface area contributed by atoms with Crippen molar-refractivity contribution in [2.24, 2.45) is 11.3 Å². The lowest BCUT2D eigenvalue weighted by Gasteiger charge is -2.26. The van der Waals surface area contributed by atoms with Crippen LogP contribution in [-0.2, 0) is 15.9 Å². The summed E-state index contributed by atoms with van der Waals surface area (Å²) in [5.74, 6) is 0.656. The predicted octanol–water partition coefficient (Wildman–Crippen LogP) is 1.82. The molecule has 0 unspecified atom stereocenters. The molecule has 0 radical (unpaired) electrons. The minimum Gasteiger partial charge on any atom is -0.384 e. The Kier molecular flexibility index (Phi) is 3.87. The Morgan fingerprint density at radius 1 is 1.37 bits per heavy atom. The summed E-state index contributed by atoms with van der Waals surface area (Å²) in [6.07, 6.45) is 1.14. The van der Waals surface area contributed by atoms with Crippen LogP contribution in [0, 0.1) is 11.3 Å². The lowest BCUT2D eigenvalue weighted by molar-refractivity contribution is 0.0542. The molecule has 0 aromatic heterocycles. The third kappa shape index (κ3) is 2.69. The van der Waals surface area contributed by atoms with E-state index in [9.17, 15) is 0 Å². The number of hydrogen-bond acceptors (Lipinski definition) is 3. The fourth-order valence-electron chi connectivity index (χ4n) is 3.54. The second-order valence-electron chi connectivity index (χ2n) is 5.98. The largest absolute Gasteiger partial charge is 0.384 e. The molecule has 2 fully saturated rings. The van der Waals surface area contributed by atoms with Gasteiger partial charge >= 0.3 is 0 Å². The maximum Gasteiger partial charge on any atom is 0.0561 e. The van der Waals surface area contributed by atoms with Gasteiger partial charge in [-0.15, -0.1) is 0 Å². The number of fused-ring (bicyclic) bond motifs is 1. The molecule has 2 heterocycles. The molecule has 0 spiro atoms. The van der Waals surface area contributed by atoms with Gasteiger partial charge in [0.2, 0.25) is 0 Å². The molecule has 0 amide bonds. The number of rotatable bonds is 5. The van der Waals surface area contributed by atoms with Gasteiger partial charge < -0.3 is 14.4 Å². The number of likely N-dealkylation sites (tertiary alicyclic amines) is 1. The third-order valence-electron chi connectivity index (χ3n) is 4.58. The Labute approximate surface area is 115 Å². The Morgan fingerprint density at radius 3 is 3.00 bits per heavy atom. The molecule has 0 aliphatic carbocycles. The van der Waals surface area contributed by atoms with Crippen LogP contribution in [0.1, 0.15) is 5.56 Å². The van der Waals surface area contributed by atoms with Crippen molar-refractivity contribution in [3.8, 4) is 0 Å². The van der Waals surface area contributed by atoms with Crippen LogP contribution >= 0.6 is 0 Å². The monoisotopic (exact) mass is 261 g/mol. The first-order chi connectivity index (χ1) is 9.32. The molecule has 0 N–H and O–H groups in total. The van der Waals surface area contributed by atoms with Crippen molar-refractivity contribution in [3.05, 3.63) is 35.9 Å². The molecule has 1 aromatic rings. The zero-order chi connectivity index (χ0) is 13.1. The highest BCUT2D eigenvalue weighted by atomic mass is 16.5. The first-order valence-electron chi connectivity index (χ1n) is 7.15. The lowest BCUT2D eigenvalue weighted by Crippen LogP contribution is -2.35. The Bertz CT molecular complexity index is 408. The van der Waals surface area contributed by atoms with E-state index in [1.807, 2.05) is 0 Å². The summed E-state index contributed by atoms with van der Waals surface area (Å²) in [5.41, 5.74) is 1.68. The van der Waals surface area contributed by atoms with Gasteiger partial charge in [0.25, 0.3) is 0 Å². The van der Waals surface area contributed by atoms with Gasteiger partial charge in [0.15, 0.2) is 0 Å². The van der Waals surface area contributed by atoms with Gasteiger partial charge in [0.05, 0.1) is 19.8 Å². The van der Waals surface area contributed by atoms with Crippen LogP contribution in [0.5, 0.6) is 0 Å². The van der Waals surface area contributed by atoms with Gasteiger partial charge in [-0.3, -0.25) is 0 Å². The number of benzene rings is 1. The van der Waals surface area contributed by atoms with Crippen molar-refractivity contribution < 1.29 is 9.47 Å². The summed E-state index contributed by atoms with van der Waals surface area (Å²) < 4.78 is 11.1. The van der Waals surface area contributed by atoms with Gasteiger partial charge in [-0.05, 0) is 12.0 Å². The third-order valence-corrected chi connectivity index (χ3v) is 4.58. The van der Waals surface area contributed by atoms with Crippen LogP contribution in [0.2, 0.25) is 0 Å². The van der Waals surface area contributed by atoms with Crippen LogP contribution < -0.4 is 0 Å². The van der Waals surface area contributed by atoms with Gasteiger partial charge in [-0.25, -0.2) is 0 Å². The van der Waals surface area contributed by atoms with Gasteiger partial charge in [-0.2, -0.15) is 0 Å². The van der Waals surface area contributed by atoms with E-state index < -0.39 is 0 Å². The summed E-state index contributed by atoms with van der Waals surface area (Å²) >= 11 is 0. The first-order valence-corrected chi connectivity index (χ1v) is 7.15. The highest BCUT2D eigenvalue weighted by Crippen LogP contribution is 2.41. The molecule has 2 saturated heterocycles. The molecule has 3 nitrogen and oxygen atoms in total. The minimum absolute atomic E-state index is 0.255. The Balaban J connectivity index is 1.57. The second kappa shape index (κ2) is 5.61. The molecule has 0 bridgehead atoms. The summed E-state index contributed by atoms with van der Waals surface area (Å²) in [4.78, 5) is 2.58. The maximum absolute atomic E-state index is 5.67. The van der Waals surface area contributed by atoms with Crippen molar-refractivity contribution in [2.45, 2.75) is 6.42 Å². The zero-order valence-electron chi connectivity index (χ0n) is 11.7. The van der Waals surface area contributed by atoms with Crippen LogP contribution in [0.25, 0.3) is 0 Å².